The van der Waals surface area contributed by atoms with E-state index in [-0.39, 0.29) is 0 Å². The predicted octanol–water partition coefficient (Wildman–Crippen LogP) is 2.77. The number of nitrogens with two attached hydrogens (primary N) is 1. The molecule has 0 bridgehead atoms. The highest BCUT2D eigenvalue weighted by molar-refractivity contribution is 6.32. The van der Waals surface area contributed by atoms with Crippen LogP contribution in [0.4, 0.5) is 5.82 Å². The Balaban J connectivity index is 2.65. The number of anilines is 1. The zero-order valence-corrected chi connectivity index (χ0v) is 9.62. The van der Waals surface area contributed by atoms with E-state index in [2.05, 4.69) is 18.8 Å². The minimum Gasteiger partial charge on any atom is -0.385 e. The number of nitrogens with zero attached hydrogens (tertiary/aromatic N) is 2. The smallest absolute Gasteiger partial charge is 0.155 e. The van der Waals surface area contributed by atoms with Crippen LogP contribution in [-0.2, 0) is 6.42 Å². The van der Waals surface area contributed by atoms with Crippen LogP contribution in [0, 0.1) is 5.92 Å². The fourth-order valence-corrected chi connectivity index (χ4v) is 1.94. The first kappa shape index (κ1) is 10.3. The largest absolute Gasteiger partial charge is 0.385 e. The van der Waals surface area contributed by atoms with Crippen molar-refractivity contribution in [3.8, 4) is 0 Å². The van der Waals surface area contributed by atoms with Gasteiger partial charge in [-0.15, -0.1) is 0 Å². The van der Waals surface area contributed by atoms with Crippen LogP contribution < -0.4 is 5.73 Å². The van der Waals surface area contributed by atoms with Crippen molar-refractivity contribution in [3.05, 3.63) is 29.2 Å². The second kappa shape index (κ2) is 3.74. The van der Waals surface area contributed by atoms with Crippen LogP contribution in [-0.4, -0.2) is 9.38 Å². The van der Waals surface area contributed by atoms with Crippen LogP contribution in [0.3, 0.4) is 0 Å². The molecule has 0 saturated heterocycles. The fourth-order valence-electron chi connectivity index (χ4n) is 1.70. The zero-order valence-electron chi connectivity index (χ0n) is 8.87. The van der Waals surface area contributed by atoms with E-state index in [4.69, 9.17) is 17.3 Å². The standard InChI is InChI=1S/C11H14ClN3/c1-7(2)6-10-14-11(12)8-4-3-5-9(13)15(8)10/h3-5,7H,6,13H2,1-2H3. The van der Waals surface area contributed by atoms with E-state index in [0.29, 0.717) is 16.9 Å². The summed E-state index contributed by atoms with van der Waals surface area (Å²) in [5.41, 5.74) is 6.79. The van der Waals surface area contributed by atoms with E-state index in [1.54, 1.807) is 0 Å². The van der Waals surface area contributed by atoms with Crippen LogP contribution in [0.1, 0.15) is 19.7 Å². The van der Waals surface area contributed by atoms with Gasteiger partial charge in [0.2, 0.25) is 0 Å². The monoisotopic (exact) mass is 223 g/mol. The Hall–Kier alpha value is -1.22. The molecule has 2 aromatic heterocycles. The van der Waals surface area contributed by atoms with Gasteiger partial charge in [-0.1, -0.05) is 31.5 Å². The minimum absolute atomic E-state index is 0.526. The van der Waals surface area contributed by atoms with Gasteiger partial charge in [0.15, 0.2) is 5.15 Å². The first-order valence-electron chi connectivity index (χ1n) is 5.01. The Kier molecular flexibility index (Phi) is 2.57. The van der Waals surface area contributed by atoms with Crippen molar-refractivity contribution >= 4 is 22.9 Å². The molecule has 0 saturated carbocycles. The average Bonchev–Trinajstić information content (AvgIpc) is 2.44. The number of aromatic nitrogens is 2. The third kappa shape index (κ3) is 1.79. The van der Waals surface area contributed by atoms with Crippen molar-refractivity contribution in [2.24, 2.45) is 5.92 Å². The molecule has 0 radical (unpaired) electrons. The molecule has 3 nitrogen and oxygen atoms in total. The van der Waals surface area contributed by atoms with Gasteiger partial charge in [0.05, 0.1) is 5.52 Å². The summed E-state index contributed by atoms with van der Waals surface area (Å²) >= 11 is 6.05. The van der Waals surface area contributed by atoms with Gasteiger partial charge in [-0.3, -0.25) is 4.40 Å². The Morgan fingerprint density at radius 2 is 2.20 bits per heavy atom. The summed E-state index contributed by atoms with van der Waals surface area (Å²) in [7, 11) is 0. The predicted molar refractivity (Wildman–Crippen MR) is 63.2 cm³/mol. The summed E-state index contributed by atoms with van der Waals surface area (Å²) in [6.07, 6.45) is 0.877. The molecule has 2 heterocycles. The molecule has 4 heteroatoms. The highest BCUT2D eigenvalue weighted by Gasteiger charge is 2.11. The normalized spacial score (nSPS) is 11.5. The molecular weight excluding hydrogens is 210 g/mol. The summed E-state index contributed by atoms with van der Waals surface area (Å²) in [4.78, 5) is 4.34. The molecule has 0 aliphatic rings. The van der Waals surface area contributed by atoms with E-state index in [0.717, 1.165) is 17.8 Å². The Labute approximate surface area is 93.9 Å². The van der Waals surface area contributed by atoms with Gasteiger partial charge >= 0.3 is 0 Å². The van der Waals surface area contributed by atoms with Gasteiger partial charge in [0.1, 0.15) is 11.6 Å². The summed E-state index contributed by atoms with van der Waals surface area (Å²) in [5.74, 6) is 2.15. The van der Waals surface area contributed by atoms with Gasteiger partial charge in [-0.2, -0.15) is 0 Å². The third-order valence-electron chi connectivity index (χ3n) is 2.31. The second-order valence-corrected chi connectivity index (χ2v) is 4.45. The molecule has 2 rings (SSSR count). The molecule has 2 N–H and O–H groups in total. The van der Waals surface area contributed by atoms with Crippen molar-refractivity contribution in [2.75, 3.05) is 5.73 Å². The number of fused-ring (bicyclic) bond motifs is 1. The quantitative estimate of drug-likeness (QED) is 0.851. The third-order valence-corrected chi connectivity index (χ3v) is 2.59. The maximum absolute atomic E-state index is 6.05. The lowest BCUT2D eigenvalue weighted by Gasteiger charge is -2.06. The number of pyridine rings is 1. The van der Waals surface area contributed by atoms with Crippen LogP contribution in [0.15, 0.2) is 18.2 Å². The number of hydrogen-bond acceptors (Lipinski definition) is 2. The second-order valence-electron chi connectivity index (χ2n) is 4.09. The maximum atomic E-state index is 6.05. The van der Waals surface area contributed by atoms with E-state index in [1.165, 1.54) is 0 Å². The van der Waals surface area contributed by atoms with Gasteiger partial charge in [-0.05, 0) is 18.1 Å². The average molecular weight is 224 g/mol. The molecule has 0 aliphatic carbocycles. The fraction of sp³-hybridized carbons (Fsp3) is 0.364. The Bertz CT molecular complexity index is 488. The van der Waals surface area contributed by atoms with Gasteiger partial charge in [0.25, 0.3) is 0 Å². The van der Waals surface area contributed by atoms with Crippen molar-refractivity contribution in [2.45, 2.75) is 20.3 Å². The highest BCUT2D eigenvalue weighted by atomic mass is 35.5. The molecule has 80 valence electrons. The van der Waals surface area contributed by atoms with Crippen molar-refractivity contribution in [1.82, 2.24) is 9.38 Å². The number of halogens is 1. The van der Waals surface area contributed by atoms with Crippen LogP contribution in [0.2, 0.25) is 5.15 Å². The number of nitrogen functional groups attached to an aromatic ring is 1. The lowest BCUT2D eigenvalue weighted by molar-refractivity contribution is 0.620. The van der Waals surface area contributed by atoms with Crippen LogP contribution in [0.25, 0.3) is 5.52 Å². The van der Waals surface area contributed by atoms with Gasteiger partial charge in [-0.25, -0.2) is 4.98 Å². The number of imidazole rings is 1. The molecule has 0 fully saturated rings. The van der Waals surface area contributed by atoms with Crippen molar-refractivity contribution in [1.29, 1.82) is 0 Å². The lowest BCUT2D eigenvalue weighted by atomic mass is 10.1. The summed E-state index contributed by atoms with van der Waals surface area (Å²) in [6, 6.07) is 5.67. The van der Waals surface area contributed by atoms with Crippen molar-refractivity contribution < 1.29 is 0 Å². The van der Waals surface area contributed by atoms with E-state index < -0.39 is 0 Å². The number of rotatable bonds is 2. The first-order chi connectivity index (χ1) is 7.09. The summed E-state index contributed by atoms with van der Waals surface area (Å²) in [5, 5.41) is 0.526. The Morgan fingerprint density at radius 3 is 2.87 bits per heavy atom. The summed E-state index contributed by atoms with van der Waals surface area (Å²) < 4.78 is 1.92. The van der Waals surface area contributed by atoms with Gasteiger partial charge < -0.3 is 5.73 Å². The first-order valence-corrected chi connectivity index (χ1v) is 5.38. The van der Waals surface area contributed by atoms with Gasteiger partial charge in [0, 0.05) is 6.42 Å². The molecule has 0 spiro atoms. The molecule has 2 aromatic rings. The maximum Gasteiger partial charge on any atom is 0.155 e. The molecule has 0 amide bonds. The van der Waals surface area contributed by atoms with E-state index in [1.807, 2.05) is 22.6 Å². The van der Waals surface area contributed by atoms with E-state index in [9.17, 15) is 0 Å². The zero-order chi connectivity index (χ0) is 11.0. The van der Waals surface area contributed by atoms with E-state index >= 15 is 0 Å². The number of hydrogen-bond donors (Lipinski definition) is 1. The highest BCUT2D eigenvalue weighted by Crippen LogP contribution is 2.22. The molecule has 15 heavy (non-hydrogen) atoms. The van der Waals surface area contributed by atoms with Crippen LogP contribution >= 0.6 is 11.6 Å². The molecule has 0 atom stereocenters. The molecule has 0 aromatic carbocycles. The van der Waals surface area contributed by atoms with Crippen molar-refractivity contribution in [3.63, 3.8) is 0 Å². The summed E-state index contributed by atoms with van der Waals surface area (Å²) in [6.45, 7) is 4.29. The lowest BCUT2D eigenvalue weighted by Crippen LogP contribution is -2.04. The Morgan fingerprint density at radius 1 is 1.47 bits per heavy atom. The van der Waals surface area contributed by atoms with Crippen LogP contribution in [0.5, 0.6) is 0 Å². The SMILES string of the molecule is CC(C)Cc1nc(Cl)c2cccc(N)n12. The molecule has 0 aliphatic heterocycles. The molecule has 0 unspecified atom stereocenters. The molecular formula is C11H14ClN3. The minimum atomic E-state index is 0.526. The topological polar surface area (TPSA) is 43.3 Å².